The molecule has 0 aliphatic rings. The van der Waals surface area contributed by atoms with Crippen LogP contribution in [0.15, 0.2) is 11.1 Å². The number of nitro groups is 1. The molecule has 0 aliphatic heterocycles. The van der Waals surface area contributed by atoms with Crippen molar-refractivity contribution in [3.05, 3.63) is 16.3 Å². The normalized spacial score (nSPS) is 11.7. The molecule has 1 aromatic heterocycles. The van der Waals surface area contributed by atoms with Gasteiger partial charge >= 0.3 is 5.82 Å². The van der Waals surface area contributed by atoms with E-state index in [2.05, 4.69) is 12.0 Å². The lowest BCUT2D eigenvalue weighted by Crippen LogP contribution is -2.13. The molecule has 0 saturated heterocycles. The largest absolute Gasteiger partial charge is 0.410 e. The Hall–Kier alpha value is -1.48. The number of aryl methyl sites for hydroxylation is 1. The molecule has 0 saturated carbocycles. The Bertz CT molecular complexity index is 523. The zero-order valence-electron chi connectivity index (χ0n) is 10.1. The molecule has 18 heavy (non-hydrogen) atoms. The highest BCUT2D eigenvalue weighted by molar-refractivity contribution is 7.89. The number of hydrogen-bond donors (Lipinski definition) is 1. The number of nitrogens with zero attached hydrogens (tertiary/aromatic N) is 3. The highest BCUT2D eigenvalue weighted by Crippen LogP contribution is 2.20. The second-order valence-electron chi connectivity index (χ2n) is 3.94. The number of rotatable bonds is 7. The number of aromatic nitrogens is 2. The maximum atomic E-state index is 11.2. The highest BCUT2D eigenvalue weighted by atomic mass is 32.2. The maximum Gasteiger partial charge on any atom is 0.410 e. The summed E-state index contributed by atoms with van der Waals surface area (Å²) in [4.78, 5) is 9.28. The van der Waals surface area contributed by atoms with E-state index < -0.39 is 25.7 Å². The molecule has 0 radical (unpaired) electrons. The minimum atomic E-state index is -4.12. The zero-order valence-corrected chi connectivity index (χ0v) is 10.9. The quantitative estimate of drug-likeness (QED) is 0.452. The highest BCUT2D eigenvalue weighted by Gasteiger charge is 2.28. The number of sulfonamides is 1. The Kier molecular flexibility index (Phi) is 4.79. The lowest BCUT2D eigenvalue weighted by atomic mass is 10.2. The lowest BCUT2D eigenvalue weighted by molar-refractivity contribution is -0.392. The van der Waals surface area contributed by atoms with E-state index in [4.69, 9.17) is 5.14 Å². The van der Waals surface area contributed by atoms with Crippen molar-refractivity contribution >= 4 is 15.8 Å². The molecule has 1 aromatic rings. The first-order valence-corrected chi connectivity index (χ1v) is 7.15. The number of hydrogen-bond acceptors (Lipinski definition) is 5. The smallest absolute Gasteiger partial charge is 0.358 e. The molecule has 102 valence electrons. The van der Waals surface area contributed by atoms with E-state index in [1.165, 1.54) is 4.68 Å². The molecular weight excluding hydrogens is 260 g/mol. The van der Waals surface area contributed by atoms with Crippen molar-refractivity contribution in [1.82, 2.24) is 9.78 Å². The molecule has 0 spiro atoms. The summed E-state index contributed by atoms with van der Waals surface area (Å²) < 4.78 is 23.6. The van der Waals surface area contributed by atoms with Crippen LogP contribution in [0.4, 0.5) is 5.82 Å². The van der Waals surface area contributed by atoms with Crippen LogP contribution >= 0.6 is 0 Å². The Morgan fingerprint density at radius 3 is 2.56 bits per heavy atom. The van der Waals surface area contributed by atoms with Crippen molar-refractivity contribution in [1.29, 1.82) is 0 Å². The SMILES string of the molecule is CCCCCCn1cc(S(N)(=O)=O)c([N+](=O)[O-])n1. The Labute approximate surface area is 105 Å². The van der Waals surface area contributed by atoms with Crippen molar-refractivity contribution in [2.45, 2.75) is 44.0 Å². The van der Waals surface area contributed by atoms with E-state index in [-0.39, 0.29) is 0 Å². The Morgan fingerprint density at radius 1 is 1.44 bits per heavy atom. The van der Waals surface area contributed by atoms with Crippen LogP contribution in [0.2, 0.25) is 0 Å². The van der Waals surface area contributed by atoms with Crippen LogP contribution in [0.25, 0.3) is 0 Å². The van der Waals surface area contributed by atoms with Gasteiger partial charge in [0.2, 0.25) is 14.9 Å². The van der Waals surface area contributed by atoms with Gasteiger partial charge in [0.25, 0.3) is 0 Å². The Morgan fingerprint density at radius 2 is 2.11 bits per heavy atom. The molecule has 0 unspecified atom stereocenters. The van der Waals surface area contributed by atoms with Gasteiger partial charge in [-0.3, -0.25) is 0 Å². The Balaban J connectivity index is 2.87. The summed E-state index contributed by atoms with van der Waals surface area (Å²) in [6.07, 6.45) is 5.00. The molecule has 0 atom stereocenters. The topological polar surface area (TPSA) is 121 Å². The number of primary sulfonamides is 1. The summed E-state index contributed by atoms with van der Waals surface area (Å²) in [5.74, 6) is -0.715. The van der Waals surface area contributed by atoms with Crippen LogP contribution in [-0.4, -0.2) is 23.1 Å². The number of unbranched alkanes of at least 4 members (excludes halogenated alkanes) is 3. The van der Waals surface area contributed by atoms with Crippen LogP contribution in [0.3, 0.4) is 0 Å². The third-order valence-electron chi connectivity index (χ3n) is 2.43. The minimum Gasteiger partial charge on any atom is -0.358 e. The first kappa shape index (κ1) is 14.6. The van der Waals surface area contributed by atoms with Gasteiger partial charge in [-0.15, -0.1) is 0 Å². The van der Waals surface area contributed by atoms with E-state index in [0.717, 1.165) is 31.9 Å². The van der Waals surface area contributed by atoms with Crippen molar-refractivity contribution in [3.63, 3.8) is 0 Å². The van der Waals surface area contributed by atoms with Gasteiger partial charge in [0.1, 0.15) is 0 Å². The van der Waals surface area contributed by atoms with Crippen molar-refractivity contribution in [3.8, 4) is 0 Å². The second-order valence-corrected chi connectivity index (χ2v) is 5.47. The molecule has 0 aromatic carbocycles. The zero-order chi connectivity index (χ0) is 13.8. The first-order valence-electron chi connectivity index (χ1n) is 5.61. The molecular formula is C9H16N4O4S. The summed E-state index contributed by atoms with van der Waals surface area (Å²) in [5.41, 5.74) is 0. The fourth-order valence-corrected chi connectivity index (χ4v) is 2.17. The van der Waals surface area contributed by atoms with Gasteiger partial charge in [0, 0.05) is 0 Å². The van der Waals surface area contributed by atoms with Gasteiger partial charge in [0.15, 0.2) is 0 Å². The summed E-state index contributed by atoms with van der Waals surface area (Å²) in [5, 5.41) is 19.2. The van der Waals surface area contributed by atoms with E-state index >= 15 is 0 Å². The molecule has 2 N–H and O–H groups in total. The fraction of sp³-hybridized carbons (Fsp3) is 0.667. The van der Waals surface area contributed by atoms with Gasteiger partial charge in [-0.1, -0.05) is 26.2 Å². The van der Waals surface area contributed by atoms with Gasteiger partial charge in [0.05, 0.1) is 17.8 Å². The second kappa shape index (κ2) is 5.91. The van der Waals surface area contributed by atoms with Gasteiger partial charge in [-0.25, -0.2) is 13.6 Å². The van der Waals surface area contributed by atoms with Crippen molar-refractivity contribution < 1.29 is 13.3 Å². The summed E-state index contributed by atoms with van der Waals surface area (Å²) >= 11 is 0. The predicted octanol–water partition coefficient (Wildman–Crippen LogP) is 1.02. The molecule has 0 bridgehead atoms. The van der Waals surface area contributed by atoms with E-state index in [1.807, 2.05) is 0 Å². The maximum absolute atomic E-state index is 11.2. The van der Waals surface area contributed by atoms with E-state index in [1.54, 1.807) is 0 Å². The molecule has 1 heterocycles. The predicted molar refractivity (Wildman–Crippen MR) is 64.4 cm³/mol. The number of nitrogens with two attached hydrogens (primary N) is 1. The van der Waals surface area contributed by atoms with Crippen LogP contribution in [-0.2, 0) is 16.6 Å². The van der Waals surface area contributed by atoms with Crippen molar-refractivity contribution in [2.75, 3.05) is 0 Å². The third kappa shape index (κ3) is 3.77. The standard InChI is InChI=1S/C9H16N4O4S/c1-2-3-4-5-6-12-7-8(18(10,16)17)9(11-12)13(14)15/h7H,2-6H2,1H3,(H2,10,16,17). The molecule has 0 fully saturated rings. The summed E-state index contributed by atoms with van der Waals surface area (Å²) in [7, 11) is -4.12. The van der Waals surface area contributed by atoms with Gasteiger partial charge < -0.3 is 10.1 Å². The first-order chi connectivity index (χ1) is 8.36. The molecule has 0 amide bonds. The summed E-state index contributed by atoms with van der Waals surface area (Å²) in [6, 6.07) is 0. The van der Waals surface area contributed by atoms with Crippen LogP contribution in [0.5, 0.6) is 0 Å². The lowest BCUT2D eigenvalue weighted by Gasteiger charge is -1.96. The average Bonchev–Trinajstić information content (AvgIpc) is 2.68. The van der Waals surface area contributed by atoms with E-state index in [0.29, 0.717) is 6.54 Å². The molecule has 0 aliphatic carbocycles. The van der Waals surface area contributed by atoms with Crippen molar-refractivity contribution in [2.24, 2.45) is 5.14 Å². The molecule has 8 nitrogen and oxygen atoms in total. The van der Waals surface area contributed by atoms with E-state index in [9.17, 15) is 18.5 Å². The van der Waals surface area contributed by atoms with Gasteiger partial charge in [-0.2, -0.15) is 4.68 Å². The van der Waals surface area contributed by atoms with Crippen LogP contribution in [0.1, 0.15) is 32.6 Å². The monoisotopic (exact) mass is 276 g/mol. The molecule has 1 rings (SSSR count). The van der Waals surface area contributed by atoms with Gasteiger partial charge in [-0.05, 0) is 11.3 Å². The summed E-state index contributed by atoms with van der Waals surface area (Å²) in [6.45, 7) is 2.51. The minimum absolute atomic E-state index is 0.441. The third-order valence-corrected chi connectivity index (χ3v) is 3.33. The fourth-order valence-electron chi connectivity index (χ4n) is 1.54. The molecule has 9 heteroatoms. The van der Waals surface area contributed by atoms with Crippen LogP contribution in [0, 0.1) is 10.1 Å². The van der Waals surface area contributed by atoms with Crippen LogP contribution < -0.4 is 5.14 Å². The average molecular weight is 276 g/mol.